The summed E-state index contributed by atoms with van der Waals surface area (Å²) in [6.45, 7) is 7.64. The van der Waals surface area contributed by atoms with E-state index in [1.807, 2.05) is 18.2 Å². The van der Waals surface area contributed by atoms with Crippen molar-refractivity contribution >= 4 is 11.5 Å². The van der Waals surface area contributed by atoms with E-state index in [-0.39, 0.29) is 5.78 Å². The number of carbonyl (C=O) groups excluding carboxylic acids is 1. The van der Waals surface area contributed by atoms with Crippen molar-refractivity contribution in [1.29, 1.82) is 0 Å². The molecule has 18 heavy (non-hydrogen) atoms. The molecule has 2 rings (SSSR count). The van der Waals surface area contributed by atoms with Crippen LogP contribution in [0.1, 0.15) is 17.3 Å². The zero-order valence-electron chi connectivity index (χ0n) is 10.6. The summed E-state index contributed by atoms with van der Waals surface area (Å²) in [7, 11) is 0. The van der Waals surface area contributed by atoms with Gasteiger partial charge in [-0.15, -0.1) is 6.58 Å². The molecule has 96 valence electrons. The normalized spacial score (nSPS) is 15.6. The van der Waals surface area contributed by atoms with E-state index in [0.29, 0.717) is 12.2 Å². The molecule has 0 amide bonds. The van der Waals surface area contributed by atoms with Crippen molar-refractivity contribution in [2.45, 2.75) is 13.0 Å². The van der Waals surface area contributed by atoms with Crippen LogP contribution in [0.5, 0.6) is 5.75 Å². The first-order chi connectivity index (χ1) is 8.63. The Labute approximate surface area is 107 Å². The highest BCUT2D eigenvalue weighted by atomic mass is 16.5. The number of nitrogens with two attached hydrogens (primary N) is 1. The van der Waals surface area contributed by atoms with Crippen molar-refractivity contribution < 1.29 is 9.53 Å². The number of Topliss-reactive ketones (excluding diaryl/α,β-unsaturated/α-hetero) is 1. The van der Waals surface area contributed by atoms with Gasteiger partial charge in [0, 0.05) is 12.1 Å². The Balaban J connectivity index is 2.36. The van der Waals surface area contributed by atoms with Gasteiger partial charge in [-0.05, 0) is 25.1 Å². The second kappa shape index (κ2) is 5.23. The number of fused-ring (bicyclic) bond motifs is 1. The Kier molecular flexibility index (Phi) is 3.67. The molecule has 1 aromatic rings. The summed E-state index contributed by atoms with van der Waals surface area (Å²) < 4.78 is 5.58. The summed E-state index contributed by atoms with van der Waals surface area (Å²) in [5.41, 5.74) is 7.19. The van der Waals surface area contributed by atoms with E-state index in [2.05, 4.69) is 11.5 Å². The van der Waals surface area contributed by atoms with E-state index in [1.165, 1.54) is 0 Å². The second-order valence-electron chi connectivity index (χ2n) is 4.42. The molecule has 1 aliphatic heterocycles. The average molecular weight is 246 g/mol. The quantitative estimate of drug-likeness (QED) is 0.647. The highest BCUT2D eigenvalue weighted by molar-refractivity contribution is 6.00. The number of anilines is 1. The molecule has 1 aliphatic rings. The minimum atomic E-state index is -0.486. The van der Waals surface area contributed by atoms with Gasteiger partial charge in [-0.3, -0.25) is 4.79 Å². The van der Waals surface area contributed by atoms with Gasteiger partial charge in [-0.1, -0.05) is 6.08 Å². The Morgan fingerprint density at radius 2 is 2.44 bits per heavy atom. The van der Waals surface area contributed by atoms with Crippen LogP contribution in [0.2, 0.25) is 0 Å². The Hall–Kier alpha value is -1.81. The SMILES string of the molecule is C=CCN1CCOc2ccc(C(=O)C(C)N)cc21. The van der Waals surface area contributed by atoms with Crippen LogP contribution in [0.4, 0.5) is 5.69 Å². The predicted molar refractivity (Wildman–Crippen MR) is 72.3 cm³/mol. The van der Waals surface area contributed by atoms with Crippen LogP contribution in [0.25, 0.3) is 0 Å². The summed E-state index contributed by atoms with van der Waals surface area (Å²) in [5, 5.41) is 0. The molecule has 0 spiro atoms. The standard InChI is InChI=1S/C14H18N2O2/c1-3-6-16-7-8-18-13-5-4-11(9-12(13)16)14(17)10(2)15/h3-5,9-10H,1,6-8,15H2,2H3. The van der Waals surface area contributed by atoms with Gasteiger partial charge in [0.05, 0.1) is 18.3 Å². The number of ketones is 1. The van der Waals surface area contributed by atoms with Gasteiger partial charge < -0.3 is 15.4 Å². The third-order valence-electron chi connectivity index (χ3n) is 2.97. The first-order valence-corrected chi connectivity index (χ1v) is 6.06. The lowest BCUT2D eigenvalue weighted by molar-refractivity contribution is 0.0968. The van der Waals surface area contributed by atoms with Gasteiger partial charge in [0.15, 0.2) is 5.78 Å². The van der Waals surface area contributed by atoms with Gasteiger partial charge in [0.25, 0.3) is 0 Å². The van der Waals surface area contributed by atoms with Crippen molar-refractivity contribution in [1.82, 2.24) is 0 Å². The van der Waals surface area contributed by atoms with E-state index in [1.54, 1.807) is 13.0 Å². The molecule has 0 aliphatic carbocycles. The van der Waals surface area contributed by atoms with Crippen molar-refractivity contribution in [3.63, 3.8) is 0 Å². The lowest BCUT2D eigenvalue weighted by Gasteiger charge is -2.30. The van der Waals surface area contributed by atoms with E-state index in [4.69, 9.17) is 10.5 Å². The van der Waals surface area contributed by atoms with E-state index >= 15 is 0 Å². The summed E-state index contributed by atoms with van der Waals surface area (Å²) in [6, 6.07) is 4.96. The van der Waals surface area contributed by atoms with Crippen LogP contribution in [-0.2, 0) is 0 Å². The number of hydrogen-bond acceptors (Lipinski definition) is 4. The summed E-state index contributed by atoms with van der Waals surface area (Å²) >= 11 is 0. The first kappa shape index (κ1) is 12.6. The molecule has 2 N–H and O–H groups in total. The van der Waals surface area contributed by atoms with Crippen molar-refractivity contribution in [2.24, 2.45) is 5.73 Å². The molecule has 0 fully saturated rings. The van der Waals surface area contributed by atoms with Crippen LogP contribution in [-0.4, -0.2) is 31.5 Å². The third-order valence-corrected chi connectivity index (χ3v) is 2.97. The number of carbonyl (C=O) groups is 1. The maximum Gasteiger partial charge on any atom is 0.179 e. The summed E-state index contributed by atoms with van der Waals surface area (Å²) in [4.78, 5) is 14.0. The molecule has 1 aromatic carbocycles. The molecule has 1 unspecified atom stereocenters. The van der Waals surface area contributed by atoms with Crippen LogP contribution >= 0.6 is 0 Å². The zero-order valence-corrected chi connectivity index (χ0v) is 10.6. The minimum Gasteiger partial charge on any atom is -0.490 e. The topological polar surface area (TPSA) is 55.6 Å². The summed E-state index contributed by atoms with van der Waals surface area (Å²) in [6.07, 6.45) is 1.84. The molecule has 0 bridgehead atoms. The lowest BCUT2D eigenvalue weighted by Crippen LogP contribution is -2.33. The first-order valence-electron chi connectivity index (χ1n) is 6.06. The Morgan fingerprint density at radius 1 is 1.67 bits per heavy atom. The number of ether oxygens (including phenoxy) is 1. The van der Waals surface area contributed by atoms with Crippen molar-refractivity contribution in [2.75, 3.05) is 24.6 Å². The number of nitrogens with zero attached hydrogens (tertiary/aromatic N) is 1. The van der Waals surface area contributed by atoms with Gasteiger partial charge >= 0.3 is 0 Å². The van der Waals surface area contributed by atoms with Crippen LogP contribution < -0.4 is 15.4 Å². The van der Waals surface area contributed by atoms with Crippen molar-refractivity contribution in [3.05, 3.63) is 36.4 Å². The fourth-order valence-electron chi connectivity index (χ4n) is 2.03. The maximum atomic E-state index is 11.9. The molecule has 0 radical (unpaired) electrons. The molecule has 4 nitrogen and oxygen atoms in total. The highest BCUT2D eigenvalue weighted by Gasteiger charge is 2.20. The fourth-order valence-corrected chi connectivity index (χ4v) is 2.03. The number of hydrogen-bond donors (Lipinski definition) is 1. The molecular weight excluding hydrogens is 228 g/mol. The average Bonchev–Trinajstić information content (AvgIpc) is 2.38. The van der Waals surface area contributed by atoms with Crippen LogP contribution in [0, 0.1) is 0 Å². The fraction of sp³-hybridized carbons (Fsp3) is 0.357. The summed E-state index contributed by atoms with van der Waals surface area (Å²) in [5.74, 6) is 0.756. The number of benzene rings is 1. The molecule has 0 saturated carbocycles. The molecule has 0 aromatic heterocycles. The molecule has 1 heterocycles. The second-order valence-corrected chi connectivity index (χ2v) is 4.42. The minimum absolute atomic E-state index is 0.0538. The van der Waals surface area contributed by atoms with E-state index in [0.717, 1.165) is 24.5 Å². The highest BCUT2D eigenvalue weighted by Crippen LogP contribution is 2.32. The molecule has 1 atom stereocenters. The van der Waals surface area contributed by atoms with Crippen molar-refractivity contribution in [3.8, 4) is 5.75 Å². The number of rotatable bonds is 4. The smallest absolute Gasteiger partial charge is 0.179 e. The monoisotopic (exact) mass is 246 g/mol. The predicted octanol–water partition coefficient (Wildman–Crippen LogP) is 1.60. The van der Waals surface area contributed by atoms with Crippen LogP contribution in [0.3, 0.4) is 0 Å². The van der Waals surface area contributed by atoms with Gasteiger partial charge in [0.1, 0.15) is 12.4 Å². The Bertz CT molecular complexity index is 469. The largest absolute Gasteiger partial charge is 0.490 e. The zero-order chi connectivity index (χ0) is 13.1. The molecule has 4 heteroatoms. The lowest BCUT2D eigenvalue weighted by atomic mass is 10.0. The van der Waals surface area contributed by atoms with E-state index in [9.17, 15) is 4.79 Å². The Morgan fingerprint density at radius 3 is 3.11 bits per heavy atom. The maximum absolute atomic E-state index is 11.9. The van der Waals surface area contributed by atoms with E-state index < -0.39 is 6.04 Å². The van der Waals surface area contributed by atoms with Gasteiger partial charge in [-0.25, -0.2) is 0 Å². The molecular formula is C14H18N2O2. The van der Waals surface area contributed by atoms with Gasteiger partial charge in [0.2, 0.25) is 0 Å². The third kappa shape index (κ3) is 2.38. The van der Waals surface area contributed by atoms with Crippen LogP contribution in [0.15, 0.2) is 30.9 Å². The van der Waals surface area contributed by atoms with Gasteiger partial charge in [-0.2, -0.15) is 0 Å². The molecule has 0 saturated heterocycles.